The first kappa shape index (κ1) is 23.8. The maximum Gasteiger partial charge on any atom is 0.253 e. The van der Waals surface area contributed by atoms with Gasteiger partial charge in [-0.2, -0.15) is 0 Å². The topological polar surface area (TPSA) is 69.7 Å². The van der Waals surface area contributed by atoms with Gasteiger partial charge >= 0.3 is 0 Å². The Morgan fingerprint density at radius 3 is 2.03 bits per heavy atom. The van der Waals surface area contributed by atoms with Crippen LogP contribution in [0.1, 0.15) is 58.9 Å². The minimum absolute atomic E-state index is 0.0114. The fourth-order valence-electron chi connectivity index (χ4n) is 3.66. The minimum Gasteiger partial charge on any atom is -0.352 e. The third-order valence-electron chi connectivity index (χ3n) is 5.70. The number of amides is 3. The van der Waals surface area contributed by atoms with Crippen molar-refractivity contribution in [3.05, 3.63) is 70.2 Å². The van der Waals surface area contributed by atoms with Gasteiger partial charge in [-0.15, -0.1) is 0 Å². The molecule has 1 saturated heterocycles. The Bertz CT molecular complexity index is 934. The van der Waals surface area contributed by atoms with Gasteiger partial charge in [0.15, 0.2) is 0 Å². The highest BCUT2D eigenvalue weighted by atomic mass is 35.5. The molecule has 0 aliphatic carbocycles. The van der Waals surface area contributed by atoms with Crippen molar-refractivity contribution < 1.29 is 14.4 Å². The van der Waals surface area contributed by atoms with E-state index in [2.05, 4.69) is 19.2 Å². The predicted octanol–water partition coefficient (Wildman–Crippen LogP) is 3.96. The largest absolute Gasteiger partial charge is 0.352 e. The first-order chi connectivity index (χ1) is 15.3. The highest BCUT2D eigenvalue weighted by molar-refractivity contribution is 6.30. The number of benzene rings is 2. The van der Waals surface area contributed by atoms with Crippen LogP contribution < -0.4 is 5.32 Å². The monoisotopic (exact) mass is 455 g/mol. The van der Waals surface area contributed by atoms with Gasteiger partial charge in [0.1, 0.15) is 0 Å². The fourth-order valence-corrected chi connectivity index (χ4v) is 3.78. The van der Waals surface area contributed by atoms with Gasteiger partial charge in [-0.3, -0.25) is 14.4 Å². The minimum atomic E-state index is -0.178. The second-order valence-corrected chi connectivity index (χ2v) is 8.75. The number of halogens is 1. The second kappa shape index (κ2) is 11.1. The third kappa shape index (κ3) is 6.33. The molecule has 1 aliphatic heterocycles. The Morgan fingerprint density at radius 2 is 1.44 bits per heavy atom. The zero-order chi connectivity index (χ0) is 23.1. The summed E-state index contributed by atoms with van der Waals surface area (Å²) in [4.78, 5) is 40.9. The van der Waals surface area contributed by atoms with E-state index < -0.39 is 0 Å². The molecule has 3 rings (SSSR count). The summed E-state index contributed by atoms with van der Waals surface area (Å²) in [5.74, 6) is 0.318. The molecule has 0 unspecified atom stereocenters. The molecule has 1 N–H and O–H groups in total. The van der Waals surface area contributed by atoms with Crippen molar-refractivity contribution in [3.63, 3.8) is 0 Å². The van der Waals surface area contributed by atoms with Crippen LogP contribution in [-0.4, -0.2) is 60.2 Å². The van der Waals surface area contributed by atoms with Crippen LogP contribution in [0, 0.1) is 0 Å². The van der Waals surface area contributed by atoms with E-state index in [1.54, 1.807) is 34.1 Å². The molecule has 0 aromatic heterocycles. The van der Waals surface area contributed by atoms with Crippen LogP contribution >= 0.6 is 11.6 Å². The Kier molecular flexibility index (Phi) is 8.28. The summed E-state index contributed by atoms with van der Waals surface area (Å²) in [5, 5.41) is 3.40. The molecule has 0 saturated carbocycles. The van der Waals surface area contributed by atoms with E-state index >= 15 is 0 Å². The average Bonchev–Trinajstić information content (AvgIpc) is 2.81. The number of carbonyl (C=O) groups excluding carboxylic acids is 3. The molecule has 7 heteroatoms. The van der Waals surface area contributed by atoms with Crippen LogP contribution in [0.25, 0.3) is 0 Å². The molecule has 1 fully saturated rings. The predicted molar refractivity (Wildman–Crippen MR) is 126 cm³/mol. The lowest BCUT2D eigenvalue weighted by Gasteiger charge is -2.35. The Balaban J connectivity index is 1.38. The Hall–Kier alpha value is -2.86. The average molecular weight is 456 g/mol. The van der Waals surface area contributed by atoms with Crippen LogP contribution in [0.15, 0.2) is 48.5 Å². The third-order valence-corrected chi connectivity index (χ3v) is 5.96. The van der Waals surface area contributed by atoms with Gasteiger partial charge in [0, 0.05) is 55.3 Å². The molecular formula is C25H30ClN3O3. The van der Waals surface area contributed by atoms with Crippen LogP contribution in [0.5, 0.6) is 0 Å². The van der Waals surface area contributed by atoms with E-state index in [0.29, 0.717) is 67.6 Å². The molecule has 0 spiro atoms. The maximum absolute atomic E-state index is 12.7. The van der Waals surface area contributed by atoms with Crippen LogP contribution in [0.4, 0.5) is 0 Å². The zero-order valence-corrected chi connectivity index (χ0v) is 19.4. The molecule has 3 amide bonds. The Morgan fingerprint density at radius 1 is 0.875 bits per heavy atom. The van der Waals surface area contributed by atoms with Gasteiger partial charge < -0.3 is 15.1 Å². The van der Waals surface area contributed by atoms with Crippen molar-refractivity contribution in [3.8, 4) is 0 Å². The second-order valence-electron chi connectivity index (χ2n) is 8.32. The van der Waals surface area contributed by atoms with Crippen molar-refractivity contribution in [2.45, 2.75) is 32.6 Å². The quantitative estimate of drug-likeness (QED) is 0.642. The summed E-state index contributed by atoms with van der Waals surface area (Å²) in [6.07, 6.45) is 0.936. The van der Waals surface area contributed by atoms with Gasteiger partial charge in [-0.25, -0.2) is 0 Å². The first-order valence-corrected chi connectivity index (χ1v) is 11.4. The number of nitrogens with zero attached hydrogens (tertiary/aromatic N) is 2. The SMILES string of the molecule is CC(C)c1ccc(C(=O)N2CCN(C(=O)CCCNC(=O)c3ccc(Cl)cc3)CC2)cc1. The van der Waals surface area contributed by atoms with Crippen molar-refractivity contribution in [2.24, 2.45) is 0 Å². The van der Waals surface area contributed by atoms with E-state index in [9.17, 15) is 14.4 Å². The lowest BCUT2D eigenvalue weighted by atomic mass is 10.0. The van der Waals surface area contributed by atoms with Crippen LogP contribution in [-0.2, 0) is 4.79 Å². The number of hydrogen-bond donors (Lipinski definition) is 1. The highest BCUT2D eigenvalue weighted by Crippen LogP contribution is 2.16. The molecule has 0 atom stereocenters. The van der Waals surface area contributed by atoms with Gasteiger partial charge in [0.2, 0.25) is 5.91 Å². The molecule has 2 aromatic carbocycles. The van der Waals surface area contributed by atoms with Gasteiger partial charge in [-0.05, 0) is 54.3 Å². The van der Waals surface area contributed by atoms with Crippen molar-refractivity contribution >= 4 is 29.3 Å². The summed E-state index contributed by atoms with van der Waals surface area (Å²) >= 11 is 5.83. The fraction of sp³-hybridized carbons (Fsp3) is 0.400. The van der Waals surface area contributed by atoms with E-state index in [1.165, 1.54) is 5.56 Å². The molecule has 6 nitrogen and oxygen atoms in total. The maximum atomic E-state index is 12.7. The smallest absolute Gasteiger partial charge is 0.253 e. The number of rotatable bonds is 7. The van der Waals surface area contributed by atoms with Gasteiger partial charge in [0.05, 0.1) is 0 Å². The van der Waals surface area contributed by atoms with Crippen molar-refractivity contribution in [1.29, 1.82) is 0 Å². The van der Waals surface area contributed by atoms with Crippen LogP contribution in [0.3, 0.4) is 0 Å². The van der Waals surface area contributed by atoms with Gasteiger partial charge in [0.25, 0.3) is 11.8 Å². The molecule has 1 aliphatic rings. The summed E-state index contributed by atoms with van der Waals surface area (Å²) in [5.41, 5.74) is 2.44. The van der Waals surface area contributed by atoms with Gasteiger partial charge in [-0.1, -0.05) is 37.6 Å². The highest BCUT2D eigenvalue weighted by Gasteiger charge is 2.24. The van der Waals surface area contributed by atoms with E-state index in [4.69, 9.17) is 11.6 Å². The molecular weight excluding hydrogens is 426 g/mol. The number of nitrogens with one attached hydrogen (secondary N) is 1. The zero-order valence-electron chi connectivity index (χ0n) is 18.6. The summed E-state index contributed by atoms with van der Waals surface area (Å²) < 4.78 is 0. The standard InChI is InChI=1S/C25H30ClN3O3/c1-18(2)19-5-7-21(8-6-19)25(32)29-16-14-28(15-17-29)23(30)4-3-13-27-24(31)20-9-11-22(26)12-10-20/h5-12,18H,3-4,13-17H2,1-2H3,(H,27,31). The van der Waals surface area contributed by atoms with Crippen molar-refractivity contribution in [2.75, 3.05) is 32.7 Å². The number of piperazine rings is 1. The number of hydrogen-bond acceptors (Lipinski definition) is 3. The lowest BCUT2D eigenvalue weighted by molar-refractivity contribution is -0.132. The lowest BCUT2D eigenvalue weighted by Crippen LogP contribution is -2.50. The van der Waals surface area contributed by atoms with E-state index in [-0.39, 0.29) is 17.7 Å². The molecule has 0 radical (unpaired) electrons. The molecule has 1 heterocycles. The normalized spacial score (nSPS) is 13.9. The van der Waals surface area contributed by atoms with Crippen LogP contribution in [0.2, 0.25) is 5.02 Å². The molecule has 0 bridgehead atoms. The molecule has 170 valence electrons. The Labute approximate surface area is 194 Å². The van der Waals surface area contributed by atoms with E-state index in [1.807, 2.05) is 24.3 Å². The van der Waals surface area contributed by atoms with Crippen molar-refractivity contribution in [1.82, 2.24) is 15.1 Å². The first-order valence-electron chi connectivity index (χ1n) is 11.1. The summed E-state index contributed by atoms with van der Waals surface area (Å²) in [7, 11) is 0. The summed E-state index contributed by atoms with van der Waals surface area (Å²) in [6.45, 7) is 6.81. The van der Waals surface area contributed by atoms with E-state index in [0.717, 1.165) is 0 Å². The number of carbonyl (C=O) groups is 3. The summed E-state index contributed by atoms with van der Waals surface area (Å²) in [6, 6.07) is 14.5. The molecule has 2 aromatic rings. The molecule has 32 heavy (non-hydrogen) atoms.